The minimum atomic E-state index is 0. The number of aliphatic hydroxyl groups excluding tert-OH is 2. The summed E-state index contributed by atoms with van der Waals surface area (Å²) < 4.78 is 0. The lowest BCUT2D eigenvalue weighted by Crippen LogP contribution is -1.76. The first kappa shape index (κ1) is 37.3. The van der Waals surface area contributed by atoms with E-state index >= 15 is 0 Å². The first-order chi connectivity index (χ1) is 3.83. The Labute approximate surface area is 108 Å². The van der Waals surface area contributed by atoms with Crippen LogP contribution < -0.4 is 0 Å². The first-order valence-corrected chi connectivity index (χ1v) is 3.24. The van der Waals surface area contributed by atoms with Gasteiger partial charge in [-0.05, 0) is 0 Å². The average Bonchev–Trinajstić information content (AvgIpc) is 1.88. The van der Waals surface area contributed by atoms with E-state index in [0.717, 1.165) is 0 Å². The van der Waals surface area contributed by atoms with Crippen molar-refractivity contribution in [2.24, 2.45) is 0 Å². The van der Waals surface area contributed by atoms with Crippen LogP contribution >= 0.6 is 72.8 Å². The molecule has 8 heteroatoms. The molecule has 0 aliphatic heterocycles. The van der Waals surface area contributed by atoms with Gasteiger partial charge < -0.3 is 10.2 Å². The molecule has 0 amide bonds. The quantitative estimate of drug-likeness (QED) is 0.767. The molecule has 2 N–H and O–H groups in total. The van der Waals surface area contributed by atoms with E-state index in [0.29, 0.717) is 11.8 Å². The van der Waals surface area contributed by atoms with Crippen molar-refractivity contribution in [3.63, 3.8) is 0 Å². The smallest absolute Gasteiger partial charge is 0.0566 e. The molecule has 2 nitrogen and oxygen atoms in total. The normalized spacial score (nSPS) is 5.00. The molecule has 0 aliphatic rings. The van der Waals surface area contributed by atoms with E-state index in [9.17, 15) is 0 Å². The van der Waals surface area contributed by atoms with E-state index in [4.69, 9.17) is 33.4 Å². The summed E-state index contributed by atoms with van der Waals surface area (Å²) in [7, 11) is 0. The van der Waals surface area contributed by atoms with Crippen LogP contribution in [-0.4, -0.2) is 35.2 Å². The van der Waals surface area contributed by atoms with Gasteiger partial charge in [-0.25, -0.2) is 0 Å². The molecule has 84 valence electrons. The van der Waals surface area contributed by atoms with E-state index < -0.39 is 0 Å². The molecule has 0 bridgehead atoms. The van der Waals surface area contributed by atoms with E-state index in [1.807, 2.05) is 0 Å². The predicted molar refractivity (Wildman–Crippen MR) is 64.6 cm³/mol. The second-order valence-electron chi connectivity index (χ2n) is 0.825. The van der Waals surface area contributed by atoms with Gasteiger partial charge in [0.2, 0.25) is 0 Å². The highest BCUT2D eigenvalue weighted by Crippen LogP contribution is 1.63. The van der Waals surface area contributed by atoms with E-state index in [1.54, 1.807) is 0 Å². The maximum atomic E-state index is 7.74. The molecule has 0 unspecified atom stereocenters. The van der Waals surface area contributed by atoms with Crippen molar-refractivity contribution in [3.05, 3.63) is 0 Å². The standard InChI is InChI=1S/2C2H5ClO.4ClH/c2*3-1-2-4;;;;/h2*4H,1-2H2;4*1H. The highest BCUT2D eigenvalue weighted by Gasteiger charge is 1.60. The number of halogens is 6. The Morgan fingerprint density at radius 3 is 0.750 bits per heavy atom. The summed E-state index contributed by atoms with van der Waals surface area (Å²) in [5.74, 6) is 0.694. The number of hydrogen-bond donors (Lipinski definition) is 2. The second kappa shape index (κ2) is 53.7. The third kappa shape index (κ3) is 98.9. The molecule has 0 heterocycles. The van der Waals surface area contributed by atoms with Crippen molar-refractivity contribution in [3.8, 4) is 0 Å². The molecule has 0 atom stereocenters. The van der Waals surface area contributed by atoms with Gasteiger partial charge in [0.1, 0.15) is 0 Å². The lowest BCUT2D eigenvalue weighted by molar-refractivity contribution is 0.321. The third-order valence-corrected chi connectivity index (χ3v) is 0.507. The molecule has 0 aromatic rings. The fourth-order valence-corrected chi connectivity index (χ4v) is 0. The second-order valence-corrected chi connectivity index (χ2v) is 1.58. The maximum Gasteiger partial charge on any atom is 0.0566 e. The number of aliphatic hydroxyl groups is 2. The average molecular weight is 307 g/mol. The Morgan fingerprint density at radius 1 is 0.667 bits per heavy atom. The van der Waals surface area contributed by atoms with Gasteiger partial charge >= 0.3 is 0 Å². The number of rotatable bonds is 2. The van der Waals surface area contributed by atoms with Gasteiger partial charge in [0.05, 0.1) is 13.2 Å². The molecule has 0 spiro atoms. The molecule has 0 fully saturated rings. The van der Waals surface area contributed by atoms with Crippen molar-refractivity contribution in [2.45, 2.75) is 0 Å². The van der Waals surface area contributed by atoms with Crippen LogP contribution in [0, 0.1) is 0 Å². The maximum absolute atomic E-state index is 7.74. The van der Waals surface area contributed by atoms with Gasteiger partial charge in [-0.15, -0.1) is 72.8 Å². The highest BCUT2D eigenvalue weighted by molar-refractivity contribution is 6.18. The zero-order chi connectivity index (χ0) is 6.83. The summed E-state index contributed by atoms with van der Waals surface area (Å²) in [5, 5.41) is 15.5. The Morgan fingerprint density at radius 2 is 0.750 bits per heavy atom. The van der Waals surface area contributed by atoms with Crippen LogP contribution in [0.2, 0.25) is 0 Å². The molecular formula is C4H14Cl6O2. The molecule has 0 aliphatic carbocycles. The lowest BCUT2D eigenvalue weighted by atomic mass is 10.9. The molecule has 0 aromatic carbocycles. The Kier molecular flexibility index (Phi) is 167. The summed E-state index contributed by atoms with van der Waals surface area (Å²) in [4.78, 5) is 0. The summed E-state index contributed by atoms with van der Waals surface area (Å²) in [5.41, 5.74) is 0. The van der Waals surface area contributed by atoms with E-state index in [2.05, 4.69) is 0 Å². The summed E-state index contributed by atoms with van der Waals surface area (Å²) in [6.45, 7) is 0.170. The number of hydrogen-bond acceptors (Lipinski definition) is 2. The molecular weight excluding hydrogens is 293 g/mol. The molecule has 0 aromatic heterocycles. The zero-order valence-corrected chi connectivity index (χ0v) is 10.9. The minimum Gasteiger partial charge on any atom is -0.395 e. The van der Waals surface area contributed by atoms with Gasteiger partial charge in [-0.3, -0.25) is 0 Å². The van der Waals surface area contributed by atoms with Crippen LogP contribution in [0.25, 0.3) is 0 Å². The van der Waals surface area contributed by atoms with Crippen LogP contribution in [-0.2, 0) is 0 Å². The molecule has 0 rings (SSSR count). The summed E-state index contributed by atoms with van der Waals surface area (Å²) >= 11 is 9.87. The molecule has 12 heavy (non-hydrogen) atoms. The topological polar surface area (TPSA) is 40.5 Å². The van der Waals surface area contributed by atoms with Crippen LogP contribution in [0.5, 0.6) is 0 Å². The fraction of sp³-hybridized carbons (Fsp3) is 1.00. The molecule has 0 radical (unpaired) electrons. The molecule has 0 saturated heterocycles. The summed E-state index contributed by atoms with van der Waals surface area (Å²) in [6, 6.07) is 0. The fourth-order valence-electron chi connectivity index (χ4n) is 0. The minimum absolute atomic E-state index is 0. The number of alkyl halides is 2. The van der Waals surface area contributed by atoms with Crippen LogP contribution in [0.1, 0.15) is 0 Å². The van der Waals surface area contributed by atoms with Gasteiger partial charge in [0.15, 0.2) is 0 Å². The van der Waals surface area contributed by atoms with Crippen molar-refractivity contribution in [1.82, 2.24) is 0 Å². The van der Waals surface area contributed by atoms with Gasteiger partial charge in [0, 0.05) is 11.8 Å². The third-order valence-electron chi connectivity index (χ3n) is 0.169. The van der Waals surface area contributed by atoms with Crippen LogP contribution in [0.4, 0.5) is 0 Å². The Balaban J connectivity index is -0.0000000112. The van der Waals surface area contributed by atoms with E-state index in [-0.39, 0.29) is 62.8 Å². The first-order valence-electron chi connectivity index (χ1n) is 2.17. The Bertz CT molecular complexity index is 25.5. The van der Waals surface area contributed by atoms with Crippen molar-refractivity contribution in [2.75, 3.05) is 25.0 Å². The van der Waals surface area contributed by atoms with Crippen molar-refractivity contribution < 1.29 is 10.2 Å². The van der Waals surface area contributed by atoms with Crippen LogP contribution in [0.3, 0.4) is 0 Å². The predicted octanol–water partition coefficient (Wildman–Crippen LogP) is 2.12. The van der Waals surface area contributed by atoms with Gasteiger partial charge in [-0.2, -0.15) is 0 Å². The highest BCUT2D eigenvalue weighted by atomic mass is 35.5. The lowest BCUT2D eigenvalue weighted by Gasteiger charge is -1.67. The van der Waals surface area contributed by atoms with Gasteiger partial charge in [-0.1, -0.05) is 0 Å². The van der Waals surface area contributed by atoms with E-state index in [1.165, 1.54) is 0 Å². The SMILES string of the molecule is Cl.Cl.Cl.Cl.OCCCl.OCCCl. The van der Waals surface area contributed by atoms with Crippen molar-refractivity contribution >= 4 is 72.8 Å². The summed E-state index contributed by atoms with van der Waals surface area (Å²) in [6.07, 6.45) is 0. The molecule has 0 saturated carbocycles. The van der Waals surface area contributed by atoms with Crippen LogP contribution in [0.15, 0.2) is 0 Å². The van der Waals surface area contributed by atoms with Gasteiger partial charge in [0.25, 0.3) is 0 Å². The monoisotopic (exact) mass is 304 g/mol. The largest absolute Gasteiger partial charge is 0.395 e. The zero-order valence-electron chi connectivity index (χ0n) is 6.11. The van der Waals surface area contributed by atoms with Crippen molar-refractivity contribution in [1.29, 1.82) is 0 Å². The Hall–Kier alpha value is 1.66.